The van der Waals surface area contributed by atoms with E-state index in [9.17, 15) is 10.2 Å². The highest BCUT2D eigenvalue weighted by Gasteiger charge is 2.27. The molecule has 0 spiro atoms. The minimum absolute atomic E-state index is 0. The van der Waals surface area contributed by atoms with Crippen molar-refractivity contribution < 1.29 is 10.2 Å². The SMILES string of the molecule is Cl.N[C@@H](c1ccc(O)c(Cl)c1)[C@H](O)C1CCCCC1. The molecular formula is C14H21Cl2NO2. The average molecular weight is 306 g/mol. The number of rotatable bonds is 3. The van der Waals surface area contributed by atoms with Crippen LogP contribution in [0, 0.1) is 5.92 Å². The maximum absolute atomic E-state index is 10.3. The van der Waals surface area contributed by atoms with Gasteiger partial charge in [0.05, 0.1) is 17.2 Å². The average Bonchev–Trinajstić information content (AvgIpc) is 2.41. The van der Waals surface area contributed by atoms with Gasteiger partial charge in [-0.1, -0.05) is 36.9 Å². The molecule has 19 heavy (non-hydrogen) atoms. The van der Waals surface area contributed by atoms with Crippen molar-refractivity contribution in [2.24, 2.45) is 11.7 Å². The van der Waals surface area contributed by atoms with Gasteiger partial charge in [-0.3, -0.25) is 0 Å². The Bertz CT molecular complexity index is 408. The number of phenols is 1. The van der Waals surface area contributed by atoms with Crippen LogP contribution in [0.3, 0.4) is 0 Å². The van der Waals surface area contributed by atoms with Crippen LogP contribution in [0.25, 0.3) is 0 Å². The third kappa shape index (κ3) is 3.99. The van der Waals surface area contributed by atoms with Gasteiger partial charge in [0, 0.05) is 0 Å². The molecule has 1 saturated carbocycles. The number of benzene rings is 1. The number of aliphatic hydroxyl groups is 1. The van der Waals surface area contributed by atoms with Crippen molar-refractivity contribution in [3.05, 3.63) is 28.8 Å². The topological polar surface area (TPSA) is 66.5 Å². The quantitative estimate of drug-likeness (QED) is 0.801. The molecule has 108 valence electrons. The molecule has 4 N–H and O–H groups in total. The summed E-state index contributed by atoms with van der Waals surface area (Å²) in [4.78, 5) is 0. The highest BCUT2D eigenvalue weighted by atomic mass is 35.5. The first-order valence-electron chi connectivity index (χ1n) is 6.51. The largest absolute Gasteiger partial charge is 0.506 e. The van der Waals surface area contributed by atoms with E-state index < -0.39 is 12.1 Å². The van der Waals surface area contributed by atoms with E-state index in [-0.39, 0.29) is 29.1 Å². The van der Waals surface area contributed by atoms with Crippen molar-refractivity contribution in [1.29, 1.82) is 0 Å². The molecule has 5 heteroatoms. The van der Waals surface area contributed by atoms with E-state index in [0.717, 1.165) is 18.4 Å². The molecule has 3 nitrogen and oxygen atoms in total. The molecule has 0 radical (unpaired) electrons. The van der Waals surface area contributed by atoms with E-state index in [1.807, 2.05) is 0 Å². The van der Waals surface area contributed by atoms with Crippen LogP contribution in [0.15, 0.2) is 18.2 Å². The van der Waals surface area contributed by atoms with Gasteiger partial charge >= 0.3 is 0 Å². The maximum atomic E-state index is 10.3. The number of nitrogens with two attached hydrogens (primary N) is 1. The summed E-state index contributed by atoms with van der Waals surface area (Å²) in [6.07, 6.45) is 5.14. The maximum Gasteiger partial charge on any atom is 0.134 e. The molecule has 0 unspecified atom stereocenters. The summed E-state index contributed by atoms with van der Waals surface area (Å²) in [5.74, 6) is 0.320. The molecule has 1 aromatic rings. The van der Waals surface area contributed by atoms with Gasteiger partial charge in [-0.05, 0) is 36.5 Å². The van der Waals surface area contributed by atoms with Crippen LogP contribution in [-0.4, -0.2) is 16.3 Å². The fourth-order valence-electron chi connectivity index (χ4n) is 2.70. The number of halogens is 2. The Kier molecular flexibility index (Phi) is 6.40. The lowest BCUT2D eigenvalue weighted by molar-refractivity contribution is 0.0618. The molecule has 1 aliphatic rings. The molecule has 0 bridgehead atoms. The minimum Gasteiger partial charge on any atom is -0.506 e. The van der Waals surface area contributed by atoms with Crippen molar-refractivity contribution >= 4 is 24.0 Å². The normalized spacial score (nSPS) is 19.5. The first-order valence-corrected chi connectivity index (χ1v) is 6.89. The van der Waals surface area contributed by atoms with Crippen molar-refractivity contribution in [3.8, 4) is 5.75 Å². The Balaban J connectivity index is 0.00000180. The molecule has 2 atom stereocenters. The van der Waals surface area contributed by atoms with E-state index >= 15 is 0 Å². The molecule has 2 rings (SSSR count). The molecule has 0 heterocycles. The van der Waals surface area contributed by atoms with Crippen LogP contribution in [0.4, 0.5) is 0 Å². The van der Waals surface area contributed by atoms with Gasteiger partial charge < -0.3 is 15.9 Å². The fourth-order valence-corrected chi connectivity index (χ4v) is 2.89. The van der Waals surface area contributed by atoms with Gasteiger partial charge in [0.2, 0.25) is 0 Å². The van der Waals surface area contributed by atoms with Crippen molar-refractivity contribution in [3.63, 3.8) is 0 Å². The van der Waals surface area contributed by atoms with Gasteiger partial charge in [-0.15, -0.1) is 12.4 Å². The highest BCUT2D eigenvalue weighted by Crippen LogP contribution is 2.33. The van der Waals surface area contributed by atoms with Crippen LogP contribution in [0.2, 0.25) is 5.02 Å². The predicted molar refractivity (Wildman–Crippen MR) is 79.9 cm³/mol. The Hall–Kier alpha value is -0.480. The van der Waals surface area contributed by atoms with Gasteiger partial charge in [0.1, 0.15) is 5.75 Å². The minimum atomic E-state index is -0.536. The Morgan fingerprint density at radius 2 is 1.84 bits per heavy atom. The van der Waals surface area contributed by atoms with Crippen LogP contribution in [0.1, 0.15) is 43.7 Å². The first-order chi connectivity index (χ1) is 8.59. The van der Waals surface area contributed by atoms with E-state index in [0.29, 0.717) is 0 Å². The number of aliphatic hydroxyl groups excluding tert-OH is 1. The third-order valence-electron chi connectivity index (χ3n) is 3.86. The zero-order chi connectivity index (χ0) is 13.1. The second-order valence-electron chi connectivity index (χ2n) is 5.13. The summed E-state index contributed by atoms with van der Waals surface area (Å²) in [6, 6.07) is 4.43. The zero-order valence-corrected chi connectivity index (χ0v) is 12.3. The van der Waals surface area contributed by atoms with E-state index in [1.54, 1.807) is 12.1 Å². The Morgan fingerprint density at radius 3 is 2.42 bits per heavy atom. The zero-order valence-electron chi connectivity index (χ0n) is 10.8. The number of hydrogen-bond donors (Lipinski definition) is 3. The molecule has 1 fully saturated rings. The van der Waals surface area contributed by atoms with Gasteiger partial charge in [0.25, 0.3) is 0 Å². The second kappa shape index (κ2) is 7.34. The molecular weight excluding hydrogens is 285 g/mol. The number of aromatic hydroxyl groups is 1. The predicted octanol–water partition coefficient (Wildman–Crippen LogP) is 3.41. The molecule has 1 aliphatic carbocycles. The summed E-state index contributed by atoms with van der Waals surface area (Å²) in [5.41, 5.74) is 6.87. The van der Waals surface area contributed by atoms with Crippen molar-refractivity contribution in [2.45, 2.75) is 44.2 Å². The summed E-state index contributed by atoms with van der Waals surface area (Å²) in [6.45, 7) is 0. The van der Waals surface area contributed by atoms with E-state index in [4.69, 9.17) is 17.3 Å². The molecule has 0 amide bonds. The number of phenolic OH excluding ortho intramolecular Hbond substituents is 1. The highest BCUT2D eigenvalue weighted by molar-refractivity contribution is 6.32. The third-order valence-corrected chi connectivity index (χ3v) is 4.16. The summed E-state index contributed by atoms with van der Waals surface area (Å²) < 4.78 is 0. The van der Waals surface area contributed by atoms with Gasteiger partial charge in [-0.25, -0.2) is 0 Å². The first kappa shape index (κ1) is 16.6. The lowest BCUT2D eigenvalue weighted by Crippen LogP contribution is -2.34. The monoisotopic (exact) mass is 305 g/mol. The van der Waals surface area contributed by atoms with Crippen molar-refractivity contribution in [1.82, 2.24) is 0 Å². The molecule has 1 aromatic carbocycles. The Labute approximate surface area is 125 Å². The van der Waals surface area contributed by atoms with Gasteiger partial charge in [0.15, 0.2) is 0 Å². The van der Waals surface area contributed by atoms with Crippen LogP contribution < -0.4 is 5.73 Å². The van der Waals surface area contributed by atoms with Crippen LogP contribution >= 0.6 is 24.0 Å². The summed E-state index contributed by atoms with van der Waals surface area (Å²) in [7, 11) is 0. The molecule has 0 aliphatic heterocycles. The van der Waals surface area contributed by atoms with Crippen LogP contribution in [-0.2, 0) is 0 Å². The fraction of sp³-hybridized carbons (Fsp3) is 0.571. The van der Waals surface area contributed by atoms with E-state index in [1.165, 1.54) is 25.3 Å². The lowest BCUT2D eigenvalue weighted by atomic mass is 9.81. The summed E-state index contributed by atoms with van der Waals surface area (Å²) >= 11 is 5.86. The second-order valence-corrected chi connectivity index (χ2v) is 5.53. The lowest BCUT2D eigenvalue weighted by Gasteiger charge is -2.30. The number of hydrogen-bond acceptors (Lipinski definition) is 3. The molecule has 0 aromatic heterocycles. The standard InChI is InChI=1S/C14H20ClNO2.ClH/c15-11-8-10(6-7-12(11)17)13(16)14(18)9-4-2-1-3-5-9;/h6-9,13-14,17-18H,1-5,16H2;1H/t13-,14+;/m0./s1. The van der Waals surface area contributed by atoms with Crippen LogP contribution in [0.5, 0.6) is 5.75 Å². The van der Waals surface area contributed by atoms with Gasteiger partial charge in [-0.2, -0.15) is 0 Å². The van der Waals surface area contributed by atoms with E-state index in [2.05, 4.69) is 0 Å². The van der Waals surface area contributed by atoms with Crippen molar-refractivity contribution in [2.75, 3.05) is 0 Å². The summed E-state index contributed by atoms with van der Waals surface area (Å²) in [5, 5.41) is 20.0. The Morgan fingerprint density at radius 1 is 1.21 bits per heavy atom. The molecule has 0 saturated heterocycles. The smallest absolute Gasteiger partial charge is 0.134 e.